The Balaban J connectivity index is 5.36. The Morgan fingerprint density at radius 1 is 0.929 bits per heavy atom. The number of primary amides is 1. The zero-order valence-electron chi connectivity index (χ0n) is 16.7. The van der Waals surface area contributed by atoms with Gasteiger partial charge in [-0.2, -0.15) is 0 Å². The molecule has 0 aliphatic rings. The Hall–Kier alpha value is -2.69. The predicted molar refractivity (Wildman–Crippen MR) is 101 cm³/mol. The molecule has 0 radical (unpaired) electrons. The number of nitrogens with one attached hydrogen (secondary N) is 3. The Bertz CT molecular complexity index is 595. The lowest BCUT2D eigenvalue weighted by Gasteiger charge is -2.27. The van der Waals surface area contributed by atoms with E-state index in [-0.39, 0.29) is 18.8 Å². The third-order valence-corrected chi connectivity index (χ3v) is 4.25. The molecule has 28 heavy (non-hydrogen) atoms. The van der Waals surface area contributed by atoms with Crippen molar-refractivity contribution in [1.29, 1.82) is 0 Å². The Morgan fingerprint density at radius 3 is 1.93 bits per heavy atom. The SMILES string of the molecule is CCC(C)C(NC(=O)C(CCC(N)=O)NC(=O)C(C)N)C(=O)NC(C)C(=O)O. The standard InChI is InChI=1S/C17H31N5O6/c1-5-8(2)13(16(26)20-10(4)17(27)28)22-15(25)11(6-7-12(19)23)21-14(24)9(3)18/h8-11,13H,5-7,18H2,1-4H3,(H2,19,23)(H,20,26)(H,21,24)(H,22,25)(H,27,28). The number of carboxylic acid groups (broad SMARTS) is 1. The van der Waals surface area contributed by atoms with E-state index in [1.807, 2.05) is 0 Å². The molecule has 0 bridgehead atoms. The molecule has 0 saturated heterocycles. The zero-order chi connectivity index (χ0) is 22.0. The molecule has 0 aliphatic heterocycles. The van der Waals surface area contributed by atoms with Gasteiger partial charge in [-0.15, -0.1) is 0 Å². The maximum Gasteiger partial charge on any atom is 0.325 e. The first-order chi connectivity index (χ1) is 12.9. The van der Waals surface area contributed by atoms with Gasteiger partial charge < -0.3 is 32.5 Å². The summed E-state index contributed by atoms with van der Waals surface area (Å²) in [6.07, 6.45) is 0.297. The van der Waals surface area contributed by atoms with Crippen LogP contribution < -0.4 is 27.4 Å². The smallest absolute Gasteiger partial charge is 0.325 e. The van der Waals surface area contributed by atoms with Crippen LogP contribution in [0.15, 0.2) is 0 Å². The van der Waals surface area contributed by atoms with E-state index in [2.05, 4.69) is 16.0 Å². The molecule has 160 valence electrons. The molecule has 0 aromatic rings. The van der Waals surface area contributed by atoms with Gasteiger partial charge in [0, 0.05) is 6.42 Å². The molecule has 0 spiro atoms. The summed E-state index contributed by atoms with van der Waals surface area (Å²) in [6, 6.07) is -4.17. The van der Waals surface area contributed by atoms with Gasteiger partial charge >= 0.3 is 5.97 Å². The van der Waals surface area contributed by atoms with Gasteiger partial charge in [-0.1, -0.05) is 20.3 Å². The fourth-order valence-electron chi connectivity index (χ4n) is 2.18. The highest BCUT2D eigenvalue weighted by Gasteiger charge is 2.31. The number of hydrogen-bond donors (Lipinski definition) is 6. The topological polar surface area (TPSA) is 194 Å². The monoisotopic (exact) mass is 401 g/mol. The number of hydrogen-bond acceptors (Lipinski definition) is 6. The van der Waals surface area contributed by atoms with Gasteiger partial charge in [0.2, 0.25) is 23.6 Å². The van der Waals surface area contributed by atoms with Crippen molar-refractivity contribution in [2.45, 2.75) is 71.1 Å². The minimum atomic E-state index is -1.22. The number of carbonyl (C=O) groups excluding carboxylic acids is 4. The molecule has 5 atom stereocenters. The van der Waals surface area contributed by atoms with Crippen LogP contribution in [0.5, 0.6) is 0 Å². The third kappa shape index (κ3) is 8.80. The van der Waals surface area contributed by atoms with Crippen molar-refractivity contribution in [2.75, 3.05) is 0 Å². The highest BCUT2D eigenvalue weighted by molar-refractivity contribution is 5.94. The van der Waals surface area contributed by atoms with E-state index in [0.717, 1.165) is 0 Å². The van der Waals surface area contributed by atoms with Crippen molar-refractivity contribution in [3.63, 3.8) is 0 Å². The van der Waals surface area contributed by atoms with E-state index in [1.165, 1.54) is 13.8 Å². The molecule has 11 heteroatoms. The van der Waals surface area contributed by atoms with Gasteiger partial charge in [0.15, 0.2) is 0 Å². The number of amides is 4. The molecule has 0 aromatic carbocycles. The highest BCUT2D eigenvalue weighted by Crippen LogP contribution is 2.10. The van der Waals surface area contributed by atoms with Crippen LogP contribution >= 0.6 is 0 Å². The molecule has 0 rings (SSSR count). The Labute approximate surface area is 164 Å². The minimum Gasteiger partial charge on any atom is -0.480 e. The second-order valence-electron chi connectivity index (χ2n) is 6.80. The predicted octanol–water partition coefficient (Wildman–Crippen LogP) is -1.80. The van der Waals surface area contributed by atoms with Gasteiger partial charge in [0.1, 0.15) is 18.1 Å². The van der Waals surface area contributed by atoms with E-state index in [0.29, 0.717) is 6.42 Å². The highest BCUT2D eigenvalue weighted by atomic mass is 16.4. The summed E-state index contributed by atoms with van der Waals surface area (Å²) in [5.41, 5.74) is 10.6. The second kappa shape index (κ2) is 11.9. The molecule has 8 N–H and O–H groups in total. The van der Waals surface area contributed by atoms with Crippen molar-refractivity contribution in [1.82, 2.24) is 16.0 Å². The molecule has 4 amide bonds. The van der Waals surface area contributed by atoms with Gasteiger partial charge in [0.05, 0.1) is 6.04 Å². The van der Waals surface area contributed by atoms with E-state index in [4.69, 9.17) is 16.6 Å². The number of carbonyl (C=O) groups is 5. The molecule has 0 aromatic heterocycles. The van der Waals surface area contributed by atoms with Crippen LogP contribution in [0.2, 0.25) is 0 Å². The van der Waals surface area contributed by atoms with Crippen molar-refractivity contribution < 1.29 is 29.1 Å². The molecular weight excluding hydrogens is 370 g/mol. The van der Waals surface area contributed by atoms with Crippen LogP contribution in [0.25, 0.3) is 0 Å². The number of carboxylic acids is 1. The fourth-order valence-corrected chi connectivity index (χ4v) is 2.18. The number of aliphatic carboxylic acids is 1. The largest absolute Gasteiger partial charge is 0.480 e. The molecule has 0 heterocycles. The first-order valence-corrected chi connectivity index (χ1v) is 9.08. The van der Waals surface area contributed by atoms with Crippen molar-refractivity contribution in [3.8, 4) is 0 Å². The maximum absolute atomic E-state index is 12.7. The van der Waals surface area contributed by atoms with Gasteiger partial charge in [-0.25, -0.2) is 0 Å². The lowest BCUT2D eigenvalue weighted by molar-refractivity contribution is -0.142. The Morgan fingerprint density at radius 2 is 1.50 bits per heavy atom. The van der Waals surface area contributed by atoms with Crippen LogP contribution in [0, 0.1) is 5.92 Å². The summed E-state index contributed by atoms with van der Waals surface area (Å²) in [6.45, 7) is 6.25. The average molecular weight is 401 g/mol. The first kappa shape index (κ1) is 25.3. The van der Waals surface area contributed by atoms with Crippen LogP contribution in [0.1, 0.15) is 47.0 Å². The molecular formula is C17H31N5O6. The summed E-state index contributed by atoms with van der Waals surface area (Å²) in [5.74, 6) is -4.14. The maximum atomic E-state index is 12.7. The van der Waals surface area contributed by atoms with Crippen molar-refractivity contribution in [3.05, 3.63) is 0 Å². The second-order valence-corrected chi connectivity index (χ2v) is 6.80. The van der Waals surface area contributed by atoms with E-state index < -0.39 is 53.8 Å². The zero-order valence-corrected chi connectivity index (χ0v) is 16.7. The Kier molecular flexibility index (Phi) is 10.8. The van der Waals surface area contributed by atoms with Gasteiger partial charge in [0.25, 0.3) is 0 Å². The van der Waals surface area contributed by atoms with Crippen LogP contribution in [-0.2, 0) is 24.0 Å². The molecule has 0 aliphatic carbocycles. The summed E-state index contributed by atoms with van der Waals surface area (Å²) in [4.78, 5) is 59.0. The van der Waals surface area contributed by atoms with Gasteiger partial charge in [-0.3, -0.25) is 24.0 Å². The molecule has 5 unspecified atom stereocenters. The van der Waals surface area contributed by atoms with Crippen LogP contribution in [-0.4, -0.2) is 58.9 Å². The molecule has 0 fully saturated rings. The summed E-state index contributed by atoms with van der Waals surface area (Å²) in [5, 5.41) is 16.2. The summed E-state index contributed by atoms with van der Waals surface area (Å²) >= 11 is 0. The lowest BCUT2D eigenvalue weighted by atomic mass is 9.97. The lowest BCUT2D eigenvalue weighted by Crippen LogP contribution is -2.58. The van der Waals surface area contributed by atoms with E-state index in [9.17, 15) is 24.0 Å². The summed E-state index contributed by atoms with van der Waals surface area (Å²) < 4.78 is 0. The third-order valence-electron chi connectivity index (χ3n) is 4.25. The van der Waals surface area contributed by atoms with E-state index >= 15 is 0 Å². The first-order valence-electron chi connectivity index (χ1n) is 9.08. The van der Waals surface area contributed by atoms with Gasteiger partial charge in [-0.05, 0) is 26.2 Å². The van der Waals surface area contributed by atoms with Crippen LogP contribution in [0.4, 0.5) is 0 Å². The van der Waals surface area contributed by atoms with E-state index in [1.54, 1.807) is 13.8 Å². The quantitative estimate of drug-likeness (QED) is 0.222. The summed E-state index contributed by atoms with van der Waals surface area (Å²) in [7, 11) is 0. The fraction of sp³-hybridized carbons (Fsp3) is 0.706. The normalized spacial score (nSPS) is 16.0. The van der Waals surface area contributed by atoms with Crippen molar-refractivity contribution in [2.24, 2.45) is 17.4 Å². The minimum absolute atomic E-state index is 0.0694. The number of rotatable bonds is 12. The molecule has 0 saturated carbocycles. The van der Waals surface area contributed by atoms with Crippen LogP contribution in [0.3, 0.4) is 0 Å². The molecule has 11 nitrogen and oxygen atoms in total. The number of nitrogens with two attached hydrogens (primary N) is 2. The average Bonchev–Trinajstić information content (AvgIpc) is 2.61. The van der Waals surface area contributed by atoms with Crippen molar-refractivity contribution >= 4 is 29.6 Å².